The van der Waals surface area contributed by atoms with Crippen LogP contribution in [0, 0.1) is 5.41 Å². The molecule has 5 heteroatoms. The lowest BCUT2D eigenvalue weighted by Gasteiger charge is -2.12. The molecule has 4 nitrogen and oxygen atoms in total. The number of amidine groups is 1. The molecule has 0 aliphatic carbocycles. The fourth-order valence-electron chi connectivity index (χ4n) is 1.58. The number of rotatable bonds is 3. The van der Waals surface area contributed by atoms with Crippen LogP contribution in [0.25, 0.3) is 5.69 Å². The molecule has 82 valence electrons. The number of thioether (sulfide) groups is 1. The van der Waals surface area contributed by atoms with Crippen molar-refractivity contribution in [2.24, 2.45) is 5.73 Å². The van der Waals surface area contributed by atoms with Gasteiger partial charge in [0.15, 0.2) is 0 Å². The Morgan fingerprint density at radius 2 is 2.31 bits per heavy atom. The first-order valence-electron chi connectivity index (χ1n) is 4.73. The predicted octanol–water partition coefficient (Wildman–Crippen LogP) is 1.88. The molecule has 0 saturated heterocycles. The van der Waals surface area contributed by atoms with Gasteiger partial charge in [0.25, 0.3) is 0 Å². The first-order valence-corrected chi connectivity index (χ1v) is 5.96. The number of nitrogens with zero attached hydrogens (tertiary/aromatic N) is 2. The van der Waals surface area contributed by atoms with E-state index in [2.05, 4.69) is 4.98 Å². The minimum atomic E-state index is 0.0775. The third kappa shape index (κ3) is 1.81. The molecule has 0 aliphatic rings. The molecule has 1 aromatic heterocycles. The number of imidazole rings is 1. The number of benzene rings is 1. The van der Waals surface area contributed by atoms with E-state index < -0.39 is 0 Å². The van der Waals surface area contributed by atoms with E-state index in [0.717, 1.165) is 16.1 Å². The van der Waals surface area contributed by atoms with Crippen molar-refractivity contribution in [1.82, 2.24) is 9.55 Å². The number of hydrogen-bond acceptors (Lipinski definition) is 3. The van der Waals surface area contributed by atoms with Crippen LogP contribution < -0.4 is 5.73 Å². The summed E-state index contributed by atoms with van der Waals surface area (Å²) in [7, 11) is 0. The zero-order chi connectivity index (χ0) is 11.5. The average molecular weight is 232 g/mol. The highest BCUT2D eigenvalue weighted by Gasteiger charge is 2.11. The van der Waals surface area contributed by atoms with Crippen LogP contribution in [0.2, 0.25) is 0 Å². The Balaban J connectivity index is 2.65. The van der Waals surface area contributed by atoms with Crippen molar-refractivity contribution >= 4 is 17.6 Å². The maximum absolute atomic E-state index is 7.65. The summed E-state index contributed by atoms with van der Waals surface area (Å²) < 4.78 is 1.86. The normalized spacial score (nSPS) is 10.3. The lowest BCUT2D eigenvalue weighted by Crippen LogP contribution is -2.15. The maximum Gasteiger partial charge on any atom is 0.126 e. The van der Waals surface area contributed by atoms with Crippen LogP contribution in [-0.4, -0.2) is 21.6 Å². The molecule has 0 amide bonds. The number of hydrogen-bond donors (Lipinski definition) is 2. The van der Waals surface area contributed by atoms with Crippen molar-refractivity contribution in [3.8, 4) is 5.69 Å². The molecule has 0 spiro atoms. The van der Waals surface area contributed by atoms with Gasteiger partial charge >= 0.3 is 0 Å². The molecule has 0 saturated carbocycles. The second-order valence-corrected chi connectivity index (χ2v) is 4.09. The number of nitrogens with one attached hydrogen (secondary N) is 1. The standard InChI is InChI=1S/C11H12N4S/c1-16-9-4-2-3-8(10(9)11(12)13)15-6-5-14-7-15/h2-7H,1H3,(H3,12,13). The van der Waals surface area contributed by atoms with Crippen LogP contribution >= 0.6 is 11.8 Å². The highest BCUT2D eigenvalue weighted by Crippen LogP contribution is 2.25. The second-order valence-electron chi connectivity index (χ2n) is 3.24. The van der Waals surface area contributed by atoms with Gasteiger partial charge in [-0.3, -0.25) is 5.41 Å². The summed E-state index contributed by atoms with van der Waals surface area (Å²) in [5, 5.41) is 7.65. The Morgan fingerprint density at radius 3 is 2.88 bits per heavy atom. The van der Waals surface area contributed by atoms with Gasteiger partial charge in [-0.1, -0.05) is 6.07 Å². The van der Waals surface area contributed by atoms with Gasteiger partial charge in [0.2, 0.25) is 0 Å². The van der Waals surface area contributed by atoms with Crippen molar-refractivity contribution < 1.29 is 0 Å². The van der Waals surface area contributed by atoms with E-state index in [0.29, 0.717) is 0 Å². The Hall–Kier alpha value is -1.75. The molecule has 1 aromatic carbocycles. The molecule has 0 unspecified atom stereocenters. The summed E-state index contributed by atoms with van der Waals surface area (Å²) in [6, 6.07) is 5.84. The van der Waals surface area contributed by atoms with Gasteiger partial charge in [-0.25, -0.2) is 4.98 Å². The number of nitrogen functional groups attached to an aromatic ring is 1. The van der Waals surface area contributed by atoms with E-state index in [-0.39, 0.29) is 5.84 Å². The van der Waals surface area contributed by atoms with E-state index in [1.165, 1.54) is 0 Å². The van der Waals surface area contributed by atoms with E-state index in [4.69, 9.17) is 11.1 Å². The Kier molecular flexibility index (Phi) is 2.96. The number of aromatic nitrogens is 2. The van der Waals surface area contributed by atoms with E-state index in [1.54, 1.807) is 24.3 Å². The van der Waals surface area contributed by atoms with Crippen molar-refractivity contribution in [2.75, 3.05) is 6.26 Å². The molecule has 0 aliphatic heterocycles. The Morgan fingerprint density at radius 1 is 1.50 bits per heavy atom. The van der Waals surface area contributed by atoms with E-state index in [1.807, 2.05) is 35.2 Å². The first-order chi connectivity index (χ1) is 7.74. The third-order valence-corrected chi connectivity index (χ3v) is 3.06. The molecule has 16 heavy (non-hydrogen) atoms. The molecule has 0 fully saturated rings. The van der Waals surface area contributed by atoms with Gasteiger partial charge in [-0.15, -0.1) is 11.8 Å². The van der Waals surface area contributed by atoms with Crippen LogP contribution in [-0.2, 0) is 0 Å². The van der Waals surface area contributed by atoms with Crippen LogP contribution in [0.5, 0.6) is 0 Å². The summed E-state index contributed by atoms with van der Waals surface area (Å²) in [5.41, 5.74) is 7.28. The molecular formula is C11H12N4S. The SMILES string of the molecule is CSc1cccc(-n2ccnc2)c1C(=N)N. The van der Waals surface area contributed by atoms with Gasteiger partial charge < -0.3 is 10.3 Å². The van der Waals surface area contributed by atoms with Gasteiger partial charge in [-0.2, -0.15) is 0 Å². The zero-order valence-corrected chi connectivity index (χ0v) is 9.66. The van der Waals surface area contributed by atoms with Gasteiger partial charge in [0.1, 0.15) is 5.84 Å². The quantitative estimate of drug-likeness (QED) is 0.482. The van der Waals surface area contributed by atoms with Gasteiger partial charge in [0, 0.05) is 17.3 Å². The maximum atomic E-state index is 7.65. The Bertz CT molecular complexity index is 505. The zero-order valence-electron chi connectivity index (χ0n) is 8.84. The van der Waals surface area contributed by atoms with E-state index >= 15 is 0 Å². The van der Waals surface area contributed by atoms with Crippen molar-refractivity contribution in [2.45, 2.75) is 4.90 Å². The smallest absolute Gasteiger partial charge is 0.126 e. The summed E-state index contributed by atoms with van der Waals surface area (Å²) in [6.45, 7) is 0. The highest BCUT2D eigenvalue weighted by molar-refractivity contribution is 7.98. The van der Waals surface area contributed by atoms with Crippen LogP contribution in [0.3, 0.4) is 0 Å². The monoisotopic (exact) mass is 232 g/mol. The van der Waals surface area contributed by atoms with Crippen molar-refractivity contribution in [1.29, 1.82) is 5.41 Å². The Labute approximate surface area is 98.0 Å². The highest BCUT2D eigenvalue weighted by atomic mass is 32.2. The van der Waals surface area contributed by atoms with Gasteiger partial charge in [-0.05, 0) is 18.4 Å². The van der Waals surface area contributed by atoms with E-state index in [9.17, 15) is 0 Å². The topological polar surface area (TPSA) is 67.7 Å². The molecule has 2 rings (SSSR count). The molecule has 0 radical (unpaired) electrons. The molecule has 2 aromatic rings. The predicted molar refractivity (Wildman–Crippen MR) is 66.4 cm³/mol. The van der Waals surface area contributed by atoms with Crippen LogP contribution in [0.15, 0.2) is 41.8 Å². The minimum Gasteiger partial charge on any atom is -0.384 e. The molecule has 0 atom stereocenters. The number of nitrogens with two attached hydrogens (primary N) is 1. The summed E-state index contributed by atoms with van der Waals surface area (Å²) in [6.07, 6.45) is 7.22. The fourth-order valence-corrected chi connectivity index (χ4v) is 2.21. The summed E-state index contributed by atoms with van der Waals surface area (Å²) in [4.78, 5) is 5.00. The summed E-state index contributed by atoms with van der Waals surface area (Å²) >= 11 is 1.58. The average Bonchev–Trinajstić information content (AvgIpc) is 2.81. The van der Waals surface area contributed by atoms with Gasteiger partial charge in [0.05, 0.1) is 17.6 Å². The molecule has 3 N–H and O–H groups in total. The summed E-state index contributed by atoms with van der Waals surface area (Å²) in [5.74, 6) is 0.0775. The minimum absolute atomic E-state index is 0.0775. The fraction of sp³-hybridized carbons (Fsp3) is 0.0909. The van der Waals surface area contributed by atoms with Crippen LogP contribution in [0.1, 0.15) is 5.56 Å². The van der Waals surface area contributed by atoms with Crippen molar-refractivity contribution in [3.05, 3.63) is 42.5 Å². The molecular weight excluding hydrogens is 220 g/mol. The third-order valence-electron chi connectivity index (χ3n) is 2.28. The lowest BCUT2D eigenvalue weighted by molar-refractivity contribution is 1.04. The molecule has 0 bridgehead atoms. The van der Waals surface area contributed by atoms with Crippen LogP contribution in [0.4, 0.5) is 0 Å². The second kappa shape index (κ2) is 4.40. The largest absolute Gasteiger partial charge is 0.384 e. The molecule has 1 heterocycles. The lowest BCUT2D eigenvalue weighted by atomic mass is 10.1. The first kappa shape index (κ1) is 10.8. The van der Waals surface area contributed by atoms with Crippen molar-refractivity contribution in [3.63, 3.8) is 0 Å².